The van der Waals surface area contributed by atoms with Crippen LogP contribution in [0, 0.1) is 5.41 Å². The van der Waals surface area contributed by atoms with Gasteiger partial charge in [0.25, 0.3) is 23.7 Å². The molecule has 16 rings (SSSR count). The molecule has 12 aromatic rings. The molecule has 1 saturated heterocycles. The van der Waals surface area contributed by atoms with Crippen LogP contribution in [0.15, 0.2) is 230 Å². The zero-order valence-electron chi connectivity index (χ0n) is 74.6. The molecule has 0 unspecified atom stereocenters. The average molecular weight is 1860 g/mol. The maximum atomic E-state index is 12.4. The molecular weight excluding hydrogens is 1750 g/mol. The number of hydrogen-bond acceptors (Lipinski definition) is 32. The topological polar surface area (TPSA) is 511 Å². The molecule has 6 aromatic heterocycles. The zero-order valence-corrected chi connectivity index (χ0v) is 74.6. The number of nitrogens with zero attached hydrogens (tertiary/aromatic N) is 15. The SMILES string of the molecule is CC(C)(C)C(=O)Nc1noc(-c2ccc(OC/C(=C/F)CN)cc2)n1.Cn1nc(-c2ccc(OC/C(=C/F)CN)cc2)nc1C1CC1.Cn1nc(C2CC2)nc1-c1ccc(OC/C(=C/F)CN)cc1.NC/C(=C\F)COc1ccc(-c2nc(N)no2)cc1.NC/C(=C\F)COc1ccc(-c2nc(N3CCOCC3)n[nH]2)cc1.NC/C(=C\F)COc1ccc(-c2nnc(NC3CC3)o2)cc1. The number of H-pyrrole nitrogens is 1. The van der Waals surface area contributed by atoms with Gasteiger partial charge in [0, 0.05) is 157 Å². The molecule has 3 aliphatic carbocycles. The highest BCUT2D eigenvalue weighted by atomic mass is 19.1. The first-order valence-electron chi connectivity index (χ1n) is 42.8. The molecule has 0 radical (unpaired) electrons. The Hall–Kier alpha value is -14.4. The zero-order chi connectivity index (χ0) is 95.3. The van der Waals surface area contributed by atoms with Crippen molar-refractivity contribution < 1.29 is 77.8 Å². The fraction of sp³-hybridized carbons (Fsp3) is 0.337. The standard InChI is InChI=1S/C17H21FN4O3.C16H20FN5O2.2C16H19FN4O.C15H17FN4O2.C12H13FN4O2/c1-17(2,3)15(23)21-16-20-14(25-22-16)12-4-6-13(7-5-12)24-10-11(8-18)9-19;17-9-12(10-18)11-24-14-3-1-13(2-4-14)15-19-16(21-20-15)22-5-7-23-8-6-22;1-21-16(13-2-3-13)19-15(20-21)12-4-6-14(7-5-12)22-10-11(8-17)9-18;1-21-16(19-15(20-21)12-2-3-12)13-4-6-14(7-5-13)22-10-11(8-17)9-18;16-7-10(8-17)9-21-13-5-1-11(2-6-13)14-19-20-15(22-14)18-12-3-4-12;13-5-8(6-14)7-18-10-3-1-9(2-4-10)11-16-12(15)17-19-11/h4-8H,9-10,19H2,1-3H3,(H,21,22,23);1-4,9H,5-8,10-11,18H2,(H,19,20,21);4-8,13H,2-3,9-10,18H2,1H3;4-8,12H,2-3,9-10,18H2,1H3;1-2,5-7,12H,3-4,8-9,17H2,(H,18,20);1-5H,6-7,14H2,(H2,15,17)/b11-8+;12-9+;2*11-8+;10-7+;8-5+. The van der Waals surface area contributed by atoms with E-state index in [4.69, 9.17) is 86.8 Å². The smallest absolute Gasteiger partial charge is 0.315 e. The molecule has 42 heteroatoms. The summed E-state index contributed by atoms with van der Waals surface area (Å²) < 4.78 is 132. The van der Waals surface area contributed by atoms with Crippen molar-refractivity contribution in [3.05, 3.63) is 229 Å². The fourth-order valence-electron chi connectivity index (χ4n) is 11.6. The molecule has 0 spiro atoms. The lowest BCUT2D eigenvalue weighted by Crippen LogP contribution is -2.36. The van der Waals surface area contributed by atoms with Crippen LogP contribution in [0.2, 0.25) is 0 Å². The number of ether oxygens (including phenoxy) is 7. The third-order valence-corrected chi connectivity index (χ3v) is 20.0. The second kappa shape index (κ2) is 50.8. The number of rotatable bonds is 36. The number of carbonyl (C=O) groups excluding carboxylic acids is 1. The van der Waals surface area contributed by atoms with E-state index in [2.05, 4.69) is 81.4 Å². The second-order valence-corrected chi connectivity index (χ2v) is 31.6. The van der Waals surface area contributed by atoms with Gasteiger partial charge in [-0.25, -0.2) is 41.0 Å². The highest BCUT2D eigenvalue weighted by Crippen LogP contribution is 2.41. The van der Waals surface area contributed by atoms with E-state index in [1.165, 1.54) is 25.7 Å². The molecule has 6 aromatic carbocycles. The summed E-state index contributed by atoms with van der Waals surface area (Å²) in [4.78, 5) is 35.8. The Balaban J connectivity index is 0.000000155. The van der Waals surface area contributed by atoms with Crippen molar-refractivity contribution in [2.24, 2.45) is 53.9 Å². The quantitative estimate of drug-likeness (QED) is 0.0163. The maximum Gasteiger partial charge on any atom is 0.315 e. The number of aryl methyl sites for hydroxylation is 2. The maximum absolute atomic E-state index is 12.4. The lowest BCUT2D eigenvalue weighted by Gasteiger charge is -2.25. The van der Waals surface area contributed by atoms with E-state index in [9.17, 15) is 31.1 Å². The molecule has 36 nitrogen and oxygen atoms in total. The van der Waals surface area contributed by atoms with E-state index >= 15 is 0 Å². The second-order valence-electron chi connectivity index (χ2n) is 31.6. The highest BCUT2D eigenvalue weighted by Gasteiger charge is 2.31. The van der Waals surface area contributed by atoms with Gasteiger partial charge in [0.15, 0.2) is 23.3 Å². The Morgan fingerprint density at radius 3 is 1.25 bits per heavy atom. The number of hydrogen-bond donors (Lipinski definition) is 10. The number of aromatic nitrogens is 15. The number of nitrogen functional groups attached to an aromatic ring is 1. The Labute approximate surface area is 768 Å². The minimum absolute atomic E-state index is 0.0793. The van der Waals surface area contributed by atoms with E-state index in [0.29, 0.717) is 172 Å². The Morgan fingerprint density at radius 1 is 0.463 bits per heavy atom. The van der Waals surface area contributed by atoms with Crippen LogP contribution in [0.25, 0.3) is 68.5 Å². The van der Waals surface area contributed by atoms with Gasteiger partial charge in [0.1, 0.15) is 80.0 Å². The summed E-state index contributed by atoms with van der Waals surface area (Å²) in [5.74, 6) is 10.8. The van der Waals surface area contributed by atoms with Gasteiger partial charge < -0.3 is 97.0 Å². The van der Waals surface area contributed by atoms with Crippen LogP contribution in [-0.2, 0) is 23.6 Å². The first-order chi connectivity index (χ1) is 65.0. The summed E-state index contributed by atoms with van der Waals surface area (Å²) >= 11 is 0. The summed E-state index contributed by atoms with van der Waals surface area (Å²) in [6.45, 7) is 9.86. The molecule has 17 N–H and O–H groups in total. The van der Waals surface area contributed by atoms with E-state index in [0.717, 1.165) is 77.0 Å². The van der Waals surface area contributed by atoms with Gasteiger partial charge >= 0.3 is 6.01 Å². The van der Waals surface area contributed by atoms with Crippen LogP contribution in [0.4, 0.5) is 50.2 Å². The number of nitrogens with one attached hydrogen (secondary N) is 3. The van der Waals surface area contributed by atoms with Crippen molar-refractivity contribution >= 4 is 29.8 Å². The summed E-state index contributed by atoms with van der Waals surface area (Å²) in [6.07, 6.45) is 9.88. The summed E-state index contributed by atoms with van der Waals surface area (Å²) in [5.41, 5.74) is 44.4. The summed E-state index contributed by atoms with van der Waals surface area (Å²) in [5, 5.41) is 37.1. The number of benzene rings is 6. The molecule has 1 amide bonds. The highest BCUT2D eigenvalue weighted by molar-refractivity contribution is 5.93. The van der Waals surface area contributed by atoms with Crippen molar-refractivity contribution in [2.45, 2.75) is 77.2 Å². The number of aromatic amines is 1. The van der Waals surface area contributed by atoms with Gasteiger partial charge in [-0.3, -0.25) is 19.9 Å². The monoisotopic (exact) mass is 1850 g/mol. The number of anilines is 4. The van der Waals surface area contributed by atoms with Crippen LogP contribution in [0.5, 0.6) is 34.5 Å². The number of amides is 1. The molecule has 1 aliphatic heterocycles. The fourth-order valence-corrected chi connectivity index (χ4v) is 11.6. The molecule has 4 fully saturated rings. The predicted octanol–water partition coefficient (Wildman–Crippen LogP) is 13.5. The van der Waals surface area contributed by atoms with Crippen LogP contribution in [-0.4, -0.2) is 192 Å². The van der Waals surface area contributed by atoms with Crippen molar-refractivity contribution in [1.29, 1.82) is 0 Å². The average Bonchev–Trinajstić information content (AvgIpc) is 1.66. The first-order valence-corrected chi connectivity index (χ1v) is 42.8. The van der Waals surface area contributed by atoms with Crippen LogP contribution in [0.1, 0.15) is 82.8 Å². The Bertz CT molecular complexity index is 5820. The number of carbonyl (C=O) groups is 1. The van der Waals surface area contributed by atoms with Gasteiger partial charge in [-0.05, 0) is 194 Å². The lowest BCUT2D eigenvalue weighted by atomic mass is 9.96. The Morgan fingerprint density at radius 2 is 0.858 bits per heavy atom. The predicted molar refractivity (Wildman–Crippen MR) is 492 cm³/mol. The van der Waals surface area contributed by atoms with E-state index < -0.39 is 5.41 Å². The minimum Gasteiger partial charge on any atom is -0.489 e. The van der Waals surface area contributed by atoms with Crippen molar-refractivity contribution in [2.75, 3.05) is 126 Å². The molecule has 134 heavy (non-hydrogen) atoms. The molecule has 7 heterocycles. The van der Waals surface area contributed by atoms with Crippen LogP contribution >= 0.6 is 0 Å². The molecule has 3 saturated carbocycles. The van der Waals surface area contributed by atoms with E-state index in [-0.39, 0.29) is 103 Å². The molecule has 4 aliphatic rings. The van der Waals surface area contributed by atoms with Gasteiger partial charge in [-0.2, -0.15) is 25.1 Å². The Kier molecular flexibility index (Phi) is 38.0. The normalized spacial score (nSPS) is 14.1. The number of halogens is 6. The first kappa shape index (κ1) is 100. The lowest BCUT2D eigenvalue weighted by molar-refractivity contribution is -0.123. The number of morpholine rings is 1. The van der Waals surface area contributed by atoms with Gasteiger partial charge in [0.05, 0.1) is 51.2 Å². The van der Waals surface area contributed by atoms with Gasteiger partial charge in [-0.15, -0.1) is 10.2 Å². The summed E-state index contributed by atoms with van der Waals surface area (Å²) in [6, 6.07) is 44.1. The molecule has 710 valence electrons. The van der Waals surface area contributed by atoms with Crippen molar-refractivity contribution in [3.63, 3.8) is 0 Å². The molecular formula is C92H109F6N25O11. The third-order valence-electron chi connectivity index (χ3n) is 20.0. The molecule has 0 bridgehead atoms. The third kappa shape index (κ3) is 31.1. The summed E-state index contributed by atoms with van der Waals surface area (Å²) in [7, 11) is 3.83. The van der Waals surface area contributed by atoms with Gasteiger partial charge in [0.2, 0.25) is 17.7 Å². The molecule has 0 atom stereocenters. The largest absolute Gasteiger partial charge is 0.489 e. The number of nitrogens with two attached hydrogens (primary N) is 7. The van der Waals surface area contributed by atoms with Crippen LogP contribution in [0.3, 0.4) is 0 Å². The van der Waals surface area contributed by atoms with Crippen molar-refractivity contribution in [1.82, 2.24) is 75.2 Å². The minimum atomic E-state index is -0.559. The van der Waals surface area contributed by atoms with Crippen LogP contribution < -0.4 is 84.1 Å². The van der Waals surface area contributed by atoms with E-state index in [1.807, 2.05) is 96.3 Å². The van der Waals surface area contributed by atoms with E-state index in [1.54, 1.807) is 93.6 Å². The van der Waals surface area contributed by atoms with Gasteiger partial charge in [-0.1, -0.05) is 25.9 Å². The van der Waals surface area contributed by atoms with Crippen molar-refractivity contribution in [3.8, 4) is 103 Å².